The maximum absolute atomic E-state index is 12.5. The molecule has 0 spiro atoms. The van der Waals surface area contributed by atoms with E-state index in [-0.39, 0.29) is 22.9 Å². The van der Waals surface area contributed by atoms with Gasteiger partial charge in [0.1, 0.15) is 0 Å². The Kier molecular flexibility index (Phi) is 2.23. The van der Waals surface area contributed by atoms with Crippen LogP contribution in [0.15, 0.2) is 11.6 Å². The molecule has 1 saturated carbocycles. The molecule has 1 saturated heterocycles. The molecule has 3 heteroatoms. The van der Waals surface area contributed by atoms with Crippen LogP contribution in [0.3, 0.4) is 0 Å². The lowest BCUT2D eigenvalue weighted by molar-refractivity contribution is -0.139. The fourth-order valence-electron chi connectivity index (χ4n) is 4.33. The Bertz CT molecular complexity index is 474. The van der Waals surface area contributed by atoms with E-state index in [0.29, 0.717) is 5.92 Å². The summed E-state index contributed by atoms with van der Waals surface area (Å²) in [6, 6.07) is 0. The largest absolute Gasteiger partial charge is 0.356 e. The van der Waals surface area contributed by atoms with Crippen LogP contribution in [-0.4, -0.2) is 23.3 Å². The van der Waals surface area contributed by atoms with Crippen molar-refractivity contribution in [3.8, 4) is 0 Å². The quantitative estimate of drug-likeness (QED) is 0.618. The highest BCUT2D eigenvalue weighted by atomic mass is 16.5. The molecule has 2 bridgehead atoms. The number of hydrogen-bond acceptors (Lipinski definition) is 3. The van der Waals surface area contributed by atoms with Gasteiger partial charge in [-0.25, -0.2) is 0 Å². The molecule has 18 heavy (non-hydrogen) atoms. The fourth-order valence-corrected chi connectivity index (χ4v) is 4.33. The minimum atomic E-state index is -0.838. The number of carbonyl (C=O) groups is 2. The molecule has 0 aromatic carbocycles. The maximum Gasteiger partial charge on any atom is 0.195 e. The second-order valence-corrected chi connectivity index (χ2v) is 6.68. The normalized spacial score (nSPS) is 45.8. The topological polar surface area (TPSA) is 43.4 Å². The first kappa shape index (κ1) is 12.1. The molecular weight excluding hydrogens is 228 g/mol. The fraction of sp³-hybridized carbons (Fsp3) is 0.733. The summed E-state index contributed by atoms with van der Waals surface area (Å²) >= 11 is 0. The molecule has 0 N–H and O–H groups in total. The maximum atomic E-state index is 12.5. The number of rotatable bonds is 0. The lowest BCUT2D eigenvalue weighted by Crippen LogP contribution is -2.53. The zero-order valence-corrected chi connectivity index (χ0v) is 11.4. The molecule has 4 unspecified atom stereocenters. The van der Waals surface area contributed by atoms with Crippen molar-refractivity contribution in [3.05, 3.63) is 11.6 Å². The summed E-state index contributed by atoms with van der Waals surface area (Å²) in [6.07, 6.45) is 3.18. The lowest BCUT2D eigenvalue weighted by Gasteiger charge is -2.48. The van der Waals surface area contributed by atoms with Gasteiger partial charge in [0.05, 0.1) is 11.5 Å². The van der Waals surface area contributed by atoms with Crippen LogP contribution in [0.4, 0.5) is 0 Å². The second-order valence-electron chi connectivity index (χ2n) is 6.68. The highest BCUT2D eigenvalue weighted by Crippen LogP contribution is 2.58. The first-order valence-corrected chi connectivity index (χ1v) is 6.76. The van der Waals surface area contributed by atoms with E-state index in [4.69, 9.17) is 4.74 Å². The van der Waals surface area contributed by atoms with Gasteiger partial charge >= 0.3 is 0 Å². The van der Waals surface area contributed by atoms with Crippen molar-refractivity contribution >= 4 is 11.6 Å². The number of ether oxygens (including phenoxy) is 1. The zero-order valence-electron chi connectivity index (χ0n) is 11.4. The first-order valence-electron chi connectivity index (χ1n) is 6.76. The van der Waals surface area contributed by atoms with Crippen LogP contribution < -0.4 is 0 Å². The summed E-state index contributed by atoms with van der Waals surface area (Å²) in [5.74, 6) is 0.0702. The molecule has 1 aliphatic heterocycles. The summed E-state index contributed by atoms with van der Waals surface area (Å²) in [7, 11) is 0. The number of Topliss-reactive ketones (excluding diaryl/α,β-unsaturated/α-hetero) is 2. The highest BCUT2D eigenvalue weighted by Gasteiger charge is 2.66. The monoisotopic (exact) mass is 248 g/mol. The molecule has 1 heterocycles. The third-order valence-electron chi connectivity index (χ3n) is 5.32. The van der Waals surface area contributed by atoms with Crippen LogP contribution in [0.25, 0.3) is 0 Å². The van der Waals surface area contributed by atoms with Gasteiger partial charge in [-0.2, -0.15) is 0 Å². The van der Waals surface area contributed by atoms with E-state index in [1.54, 1.807) is 0 Å². The molecule has 0 amide bonds. The minimum Gasteiger partial charge on any atom is -0.356 e. The number of allylic oxidation sites excluding steroid dienone is 1. The van der Waals surface area contributed by atoms with Gasteiger partial charge in [-0.3, -0.25) is 9.59 Å². The summed E-state index contributed by atoms with van der Waals surface area (Å²) < 4.78 is 5.76. The molecule has 0 aromatic heterocycles. The number of hydrogen-bond donors (Lipinski definition) is 0. The first-order chi connectivity index (χ1) is 8.30. The van der Waals surface area contributed by atoms with E-state index < -0.39 is 11.7 Å². The molecular formula is C15H20O3. The lowest BCUT2D eigenvalue weighted by atomic mass is 9.52. The third-order valence-corrected chi connectivity index (χ3v) is 5.32. The van der Waals surface area contributed by atoms with Crippen molar-refractivity contribution in [1.29, 1.82) is 0 Å². The van der Waals surface area contributed by atoms with Crippen molar-refractivity contribution in [1.82, 2.24) is 0 Å². The van der Waals surface area contributed by atoms with Gasteiger partial charge in [-0.1, -0.05) is 19.9 Å². The molecule has 3 aliphatic rings. The van der Waals surface area contributed by atoms with Gasteiger partial charge in [0.15, 0.2) is 17.7 Å². The average molecular weight is 248 g/mol. The van der Waals surface area contributed by atoms with Crippen molar-refractivity contribution in [3.63, 3.8) is 0 Å². The Morgan fingerprint density at radius 2 is 1.94 bits per heavy atom. The highest BCUT2D eigenvalue weighted by molar-refractivity contribution is 6.19. The van der Waals surface area contributed by atoms with Crippen molar-refractivity contribution < 1.29 is 14.3 Å². The Hall–Kier alpha value is -0.960. The standard InChI is InChI=1S/C15H20O3/c1-8-6-5-7-9-10(16)12-11(17)13(15(8,9)4)14(2,3)18-12/h7-8,12-13H,5-6H2,1-4H3. The van der Waals surface area contributed by atoms with Crippen LogP contribution in [-0.2, 0) is 14.3 Å². The Balaban J connectivity index is 2.24. The minimum absolute atomic E-state index is 0.00148. The van der Waals surface area contributed by atoms with Crippen LogP contribution in [0.1, 0.15) is 40.5 Å². The second kappa shape index (κ2) is 3.32. The molecule has 3 rings (SSSR count). The molecule has 2 fully saturated rings. The molecule has 0 aromatic rings. The summed E-state index contributed by atoms with van der Waals surface area (Å²) in [4.78, 5) is 24.9. The average Bonchev–Trinajstić information content (AvgIpc) is 2.47. The SMILES string of the molecule is CC1CCC=C2C(=O)C3OC(C)(C)C(C3=O)C21C. The molecule has 98 valence electrons. The van der Waals surface area contributed by atoms with E-state index in [2.05, 4.69) is 13.8 Å². The van der Waals surface area contributed by atoms with E-state index in [0.717, 1.165) is 18.4 Å². The van der Waals surface area contributed by atoms with Gasteiger partial charge in [0, 0.05) is 11.0 Å². The third kappa shape index (κ3) is 1.18. The zero-order chi connectivity index (χ0) is 13.3. The molecule has 3 nitrogen and oxygen atoms in total. The van der Waals surface area contributed by atoms with Gasteiger partial charge in [0.25, 0.3) is 0 Å². The van der Waals surface area contributed by atoms with E-state index >= 15 is 0 Å². The van der Waals surface area contributed by atoms with Crippen LogP contribution >= 0.6 is 0 Å². The summed E-state index contributed by atoms with van der Waals surface area (Å²) in [5, 5.41) is 0. The summed E-state index contributed by atoms with van der Waals surface area (Å²) in [5.41, 5.74) is -0.0302. The molecule has 0 radical (unpaired) electrons. The van der Waals surface area contributed by atoms with Gasteiger partial charge in [-0.05, 0) is 32.6 Å². The van der Waals surface area contributed by atoms with Crippen LogP contribution in [0, 0.1) is 17.3 Å². The van der Waals surface area contributed by atoms with Crippen LogP contribution in [0.2, 0.25) is 0 Å². The van der Waals surface area contributed by atoms with Crippen molar-refractivity contribution in [2.75, 3.05) is 0 Å². The molecule has 4 atom stereocenters. The molecule has 2 aliphatic carbocycles. The van der Waals surface area contributed by atoms with Crippen molar-refractivity contribution in [2.45, 2.75) is 52.2 Å². The Morgan fingerprint density at radius 1 is 1.28 bits per heavy atom. The van der Waals surface area contributed by atoms with Gasteiger partial charge in [-0.15, -0.1) is 0 Å². The Labute approximate surface area is 108 Å². The number of ketones is 2. The smallest absolute Gasteiger partial charge is 0.195 e. The van der Waals surface area contributed by atoms with Gasteiger partial charge < -0.3 is 4.74 Å². The predicted molar refractivity (Wildman–Crippen MR) is 67.0 cm³/mol. The van der Waals surface area contributed by atoms with E-state index in [1.165, 1.54) is 0 Å². The number of fused-ring (bicyclic) bond motifs is 4. The Morgan fingerprint density at radius 3 is 2.61 bits per heavy atom. The number of carbonyl (C=O) groups excluding carboxylic acids is 2. The predicted octanol–water partition coefficient (Wildman–Crippen LogP) is 2.29. The van der Waals surface area contributed by atoms with E-state index in [9.17, 15) is 9.59 Å². The summed E-state index contributed by atoms with van der Waals surface area (Å²) in [6.45, 7) is 8.12. The van der Waals surface area contributed by atoms with Crippen molar-refractivity contribution in [2.24, 2.45) is 17.3 Å². The van der Waals surface area contributed by atoms with E-state index in [1.807, 2.05) is 19.9 Å². The van der Waals surface area contributed by atoms with Gasteiger partial charge in [0.2, 0.25) is 0 Å². The van der Waals surface area contributed by atoms with Crippen LogP contribution in [0.5, 0.6) is 0 Å².